The molecule has 37 heavy (non-hydrogen) atoms. The van der Waals surface area contributed by atoms with Crippen molar-refractivity contribution in [2.75, 3.05) is 4.90 Å². The minimum Gasteiger partial charge on any atom is -0.310 e. The Morgan fingerprint density at radius 1 is 0.541 bits per heavy atom. The highest BCUT2D eigenvalue weighted by Gasteiger charge is 2.37. The van der Waals surface area contributed by atoms with Crippen LogP contribution in [0.5, 0.6) is 0 Å². The van der Waals surface area contributed by atoms with Crippen LogP contribution in [-0.2, 0) is 5.41 Å². The van der Waals surface area contributed by atoms with Gasteiger partial charge in [0.1, 0.15) is 0 Å². The minimum atomic E-state index is -0.0867. The van der Waals surface area contributed by atoms with Crippen LogP contribution >= 0.6 is 0 Å². The molecule has 1 heteroatoms. The first-order chi connectivity index (χ1) is 18.0. The van der Waals surface area contributed by atoms with Gasteiger partial charge in [-0.2, -0.15) is 0 Å². The van der Waals surface area contributed by atoms with E-state index in [9.17, 15) is 0 Å². The number of fused-ring (bicyclic) bond motifs is 6. The highest BCUT2D eigenvalue weighted by molar-refractivity contribution is 6.05. The normalized spacial score (nSPS) is 13.5. The Balaban J connectivity index is 1.49. The summed E-state index contributed by atoms with van der Waals surface area (Å²) in [5.41, 5.74) is 10.4. The molecule has 0 heterocycles. The smallest absolute Gasteiger partial charge is 0.0540 e. The molecule has 0 N–H and O–H groups in total. The number of rotatable bonds is 3. The molecule has 0 saturated heterocycles. The number of nitrogens with zero attached hydrogens (tertiary/aromatic N) is 1. The van der Waals surface area contributed by atoms with Crippen LogP contribution in [0.4, 0.5) is 17.1 Å². The largest absolute Gasteiger partial charge is 0.310 e. The molecule has 0 radical (unpaired) electrons. The standard InChI is InChI=1S/C36H29N/c1-24-22-33-35(30-18-10-9-16-28(24)30)31-21-20-27(23-32(31)36(33,2)3)37(26-14-5-4-6-15-26)34-19-11-13-25-12-7-8-17-29(25)34/h4-23H,1-3H3. The highest BCUT2D eigenvalue weighted by Crippen LogP contribution is 2.53. The van der Waals surface area contributed by atoms with Crippen LogP contribution in [0.25, 0.3) is 32.7 Å². The lowest BCUT2D eigenvalue weighted by Crippen LogP contribution is -2.17. The van der Waals surface area contributed by atoms with Gasteiger partial charge in [-0.05, 0) is 81.2 Å². The van der Waals surface area contributed by atoms with Crippen LogP contribution in [0.3, 0.4) is 0 Å². The van der Waals surface area contributed by atoms with Crippen molar-refractivity contribution in [3.05, 3.63) is 138 Å². The van der Waals surface area contributed by atoms with Crippen molar-refractivity contribution >= 4 is 38.6 Å². The summed E-state index contributed by atoms with van der Waals surface area (Å²) >= 11 is 0. The van der Waals surface area contributed by atoms with E-state index < -0.39 is 0 Å². The Morgan fingerprint density at radius 2 is 1.22 bits per heavy atom. The average molecular weight is 476 g/mol. The van der Waals surface area contributed by atoms with Crippen LogP contribution in [0, 0.1) is 6.92 Å². The van der Waals surface area contributed by atoms with Crippen molar-refractivity contribution in [3.8, 4) is 11.1 Å². The molecule has 7 rings (SSSR count). The van der Waals surface area contributed by atoms with Crippen LogP contribution < -0.4 is 4.90 Å². The van der Waals surface area contributed by atoms with Gasteiger partial charge in [0.2, 0.25) is 0 Å². The Morgan fingerprint density at radius 3 is 2.03 bits per heavy atom. The van der Waals surface area contributed by atoms with E-state index in [1.807, 2.05) is 0 Å². The Labute approximate surface area is 218 Å². The van der Waals surface area contributed by atoms with Gasteiger partial charge in [0.25, 0.3) is 0 Å². The molecule has 0 saturated carbocycles. The first-order valence-electron chi connectivity index (χ1n) is 13.0. The summed E-state index contributed by atoms with van der Waals surface area (Å²) in [4.78, 5) is 2.41. The zero-order chi connectivity index (χ0) is 25.1. The van der Waals surface area contributed by atoms with Crippen molar-refractivity contribution in [1.29, 1.82) is 0 Å². The SMILES string of the molecule is Cc1cc2c(c3ccccc13)-c1ccc(N(c3ccccc3)c3cccc4ccccc34)cc1C2(C)C. The second-order valence-corrected chi connectivity index (χ2v) is 10.7. The van der Waals surface area contributed by atoms with Gasteiger partial charge >= 0.3 is 0 Å². The first-order valence-corrected chi connectivity index (χ1v) is 13.0. The highest BCUT2D eigenvalue weighted by atomic mass is 15.1. The van der Waals surface area contributed by atoms with Crippen molar-refractivity contribution < 1.29 is 0 Å². The van der Waals surface area contributed by atoms with Gasteiger partial charge in [-0.15, -0.1) is 0 Å². The predicted octanol–water partition coefficient (Wildman–Crippen LogP) is 10.1. The fourth-order valence-corrected chi connectivity index (χ4v) is 6.30. The zero-order valence-corrected chi connectivity index (χ0v) is 21.5. The van der Waals surface area contributed by atoms with E-state index >= 15 is 0 Å². The molecule has 0 aromatic heterocycles. The molecular formula is C36H29N. The molecule has 1 aliphatic rings. The third kappa shape index (κ3) is 3.24. The molecule has 178 valence electrons. The van der Waals surface area contributed by atoms with Crippen molar-refractivity contribution in [1.82, 2.24) is 0 Å². The molecule has 1 nitrogen and oxygen atoms in total. The van der Waals surface area contributed by atoms with Gasteiger partial charge in [-0.25, -0.2) is 0 Å². The summed E-state index contributed by atoms with van der Waals surface area (Å²) in [6, 6.07) is 44.3. The maximum absolute atomic E-state index is 2.42. The Hall–Kier alpha value is -4.36. The second kappa shape index (κ2) is 8.08. The van der Waals surface area contributed by atoms with Crippen LogP contribution in [0.1, 0.15) is 30.5 Å². The van der Waals surface area contributed by atoms with E-state index in [4.69, 9.17) is 0 Å². The fourth-order valence-electron chi connectivity index (χ4n) is 6.30. The quantitative estimate of drug-likeness (QED) is 0.246. The summed E-state index contributed by atoms with van der Waals surface area (Å²) < 4.78 is 0. The molecular weight excluding hydrogens is 446 g/mol. The predicted molar refractivity (Wildman–Crippen MR) is 158 cm³/mol. The maximum Gasteiger partial charge on any atom is 0.0540 e. The molecule has 0 spiro atoms. The minimum absolute atomic E-state index is 0.0867. The van der Waals surface area contributed by atoms with E-state index in [0.717, 1.165) is 5.69 Å². The Bertz CT molecular complexity index is 1810. The van der Waals surface area contributed by atoms with E-state index in [1.165, 1.54) is 60.7 Å². The van der Waals surface area contributed by atoms with E-state index in [-0.39, 0.29) is 5.41 Å². The van der Waals surface area contributed by atoms with Crippen LogP contribution in [0.2, 0.25) is 0 Å². The van der Waals surface area contributed by atoms with Crippen molar-refractivity contribution in [2.24, 2.45) is 0 Å². The third-order valence-corrected chi connectivity index (χ3v) is 8.15. The number of anilines is 3. The van der Waals surface area contributed by atoms with Crippen molar-refractivity contribution in [3.63, 3.8) is 0 Å². The topological polar surface area (TPSA) is 3.24 Å². The molecule has 0 atom stereocenters. The Kier molecular flexibility index (Phi) is 4.78. The number of para-hydroxylation sites is 1. The van der Waals surface area contributed by atoms with E-state index in [1.54, 1.807) is 0 Å². The molecule has 0 bridgehead atoms. The van der Waals surface area contributed by atoms with E-state index in [0.29, 0.717) is 0 Å². The first kappa shape index (κ1) is 21.9. The zero-order valence-electron chi connectivity index (χ0n) is 21.5. The number of benzene rings is 6. The summed E-state index contributed by atoms with van der Waals surface area (Å²) in [6.45, 7) is 6.99. The molecule has 6 aromatic rings. The van der Waals surface area contributed by atoms with Gasteiger partial charge in [0.15, 0.2) is 0 Å². The van der Waals surface area contributed by atoms with Crippen LogP contribution in [-0.4, -0.2) is 0 Å². The van der Waals surface area contributed by atoms with E-state index in [2.05, 4.69) is 147 Å². The second-order valence-electron chi connectivity index (χ2n) is 10.7. The lowest BCUT2D eigenvalue weighted by atomic mass is 9.81. The van der Waals surface area contributed by atoms with Crippen LogP contribution in [0.15, 0.2) is 121 Å². The molecule has 0 unspecified atom stereocenters. The molecule has 0 fully saturated rings. The number of hydrogen-bond acceptors (Lipinski definition) is 1. The monoisotopic (exact) mass is 475 g/mol. The van der Waals surface area contributed by atoms with Gasteiger partial charge in [-0.1, -0.05) is 105 Å². The van der Waals surface area contributed by atoms with Crippen molar-refractivity contribution in [2.45, 2.75) is 26.2 Å². The third-order valence-electron chi connectivity index (χ3n) is 8.15. The molecule has 1 aliphatic carbocycles. The summed E-state index contributed by atoms with van der Waals surface area (Å²) in [6.07, 6.45) is 0. The fraction of sp³-hybridized carbons (Fsp3) is 0.111. The van der Waals surface area contributed by atoms with Gasteiger partial charge in [0.05, 0.1) is 5.69 Å². The average Bonchev–Trinajstić information content (AvgIpc) is 3.16. The molecule has 0 amide bonds. The summed E-state index contributed by atoms with van der Waals surface area (Å²) in [7, 11) is 0. The summed E-state index contributed by atoms with van der Waals surface area (Å²) in [5.74, 6) is 0. The number of aryl methyl sites for hydroxylation is 1. The lowest BCUT2D eigenvalue weighted by molar-refractivity contribution is 0.660. The van der Waals surface area contributed by atoms with Gasteiger partial charge < -0.3 is 4.90 Å². The molecule has 6 aromatic carbocycles. The maximum atomic E-state index is 2.42. The van der Waals surface area contributed by atoms with Gasteiger partial charge in [0, 0.05) is 22.2 Å². The number of hydrogen-bond donors (Lipinski definition) is 0. The summed E-state index contributed by atoms with van der Waals surface area (Å²) in [5, 5.41) is 5.19. The lowest BCUT2D eigenvalue weighted by Gasteiger charge is -2.29. The van der Waals surface area contributed by atoms with Gasteiger partial charge in [-0.3, -0.25) is 0 Å². The molecule has 0 aliphatic heterocycles.